The number of nitrogen functional groups attached to an aromatic ring is 1. The number of esters is 1. The van der Waals surface area contributed by atoms with Crippen molar-refractivity contribution in [2.75, 3.05) is 12.8 Å². The lowest BCUT2D eigenvalue weighted by Gasteiger charge is -2.13. The van der Waals surface area contributed by atoms with Crippen molar-refractivity contribution in [1.29, 1.82) is 0 Å². The fraction of sp³-hybridized carbons (Fsp3) is 0.273. The average molecular weight is 363 g/mol. The van der Waals surface area contributed by atoms with Gasteiger partial charge in [0.15, 0.2) is 0 Å². The first-order valence-corrected chi connectivity index (χ1v) is 6.24. The number of hydrogen-bond donors (Lipinski definition) is 1. The van der Waals surface area contributed by atoms with E-state index in [1.165, 1.54) is 17.7 Å². The monoisotopic (exact) mass is 363 g/mol. The van der Waals surface area contributed by atoms with Crippen LogP contribution in [0, 0.1) is 9.39 Å². The highest BCUT2D eigenvalue weighted by Crippen LogP contribution is 2.26. The summed E-state index contributed by atoms with van der Waals surface area (Å²) in [5, 5.41) is 0. The van der Waals surface area contributed by atoms with Gasteiger partial charge in [-0.2, -0.15) is 0 Å². The quantitative estimate of drug-likeness (QED) is 0.656. The molecule has 7 heteroatoms. The van der Waals surface area contributed by atoms with E-state index in [-0.39, 0.29) is 11.8 Å². The number of carbonyl (C=O) groups is 1. The minimum Gasteiger partial charge on any atom is -0.467 e. The van der Waals surface area contributed by atoms with E-state index in [4.69, 9.17) is 5.73 Å². The number of rotatable bonds is 2. The van der Waals surface area contributed by atoms with Gasteiger partial charge < -0.3 is 10.5 Å². The van der Waals surface area contributed by atoms with Crippen LogP contribution < -0.4 is 5.73 Å². The third kappa shape index (κ3) is 2.02. The summed E-state index contributed by atoms with van der Waals surface area (Å²) in [4.78, 5) is 15.7. The van der Waals surface area contributed by atoms with Crippen LogP contribution in [0.5, 0.6) is 0 Å². The predicted octanol–water partition coefficient (Wildman–Crippen LogP) is 2.10. The molecule has 0 bridgehead atoms. The largest absolute Gasteiger partial charge is 0.467 e. The molecule has 1 aromatic heterocycles. The smallest absolute Gasteiger partial charge is 0.328 e. The summed E-state index contributed by atoms with van der Waals surface area (Å²) in [6, 6.07) is 2.25. The van der Waals surface area contributed by atoms with E-state index in [1.54, 1.807) is 13.0 Å². The third-order valence-electron chi connectivity index (χ3n) is 2.69. The van der Waals surface area contributed by atoms with E-state index in [0.717, 1.165) is 0 Å². The summed E-state index contributed by atoms with van der Waals surface area (Å²) < 4.78 is 20.1. The molecule has 0 amide bonds. The topological polar surface area (TPSA) is 70.1 Å². The number of benzene rings is 1. The number of anilines is 1. The van der Waals surface area contributed by atoms with Crippen molar-refractivity contribution in [3.05, 3.63) is 21.5 Å². The number of carbonyl (C=O) groups excluding carboxylic acids is 1. The molecule has 1 atom stereocenters. The molecule has 0 aliphatic rings. The number of nitrogens with two attached hydrogens (primary N) is 1. The fourth-order valence-corrected chi connectivity index (χ4v) is 2.24. The number of methoxy groups -OCH3 is 1. The molecule has 96 valence electrons. The molecule has 0 radical (unpaired) electrons. The van der Waals surface area contributed by atoms with Crippen molar-refractivity contribution in [2.24, 2.45) is 0 Å². The first kappa shape index (κ1) is 13.1. The van der Waals surface area contributed by atoms with Gasteiger partial charge in [0.2, 0.25) is 5.95 Å². The van der Waals surface area contributed by atoms with Crippen LogP contribution in [0.3, 0.4) is 0 Å². The summed E-state index contributed by atoms with van der Waals surface area (Å²) >= 11 is 1.87. The number of hydrogen-bond acceptors (Lipinski definition) is 4. The summed E-state index contributed by atoms with van der Waals surface area (Å²) in [5.74, 6) is -0.675. The molecule has 2 aromatic rings. The van der Waals surface area contributed by atoms with E-state index in [9.17, 15) is 9.18 Å². The van der Waals surface area contributed by atoms with Gasteiger partial charge in [0.1, 0.15) is 11.9 Å². The van der Waals surface area contributed by atoms with Crippen molar-refractivity contribution in [3.63, 3.8) is 0 Å². The van der Waals surface area contributed by atoms with Crippen LogP contribution in [-0.2, 0) is 9.53 Å². The first-order chi connectivity index (χ1) is 8.45. The second-order valence-corrected chi connectivity index (χ2v) is 4.96. The molecule has 1 unspecified atom stereocenters. The minimum atomic E-state index is -0.653. The van der Waals surface area contributed by atoms with E-state index < -0.39 is 12.0 Å². The molecule has 0 saturated carbocycles. The number of imidazole rings is 1. The maximum absolute atomic E-state index is 13.6. The number of aromatic nitrogens is 2. The molecule has 2 N–H and O–H groups in total. The highest BCUT2D eigenvalue weighted by Gasteiger charge is 2.21. The SMILES string of the molecule is COC(=O)C(C)n1c(N)nc2cc(I)c(F)cc21. The summed E-state index contributed by atoms with van der Waals surface area (Å²) in [5.41, 5.74) is 6.79. The standard InChI is InChI=1S/C11H11FIN3O2/c1-5(10(17)18-2)16-9-3-6(12)7(13)4-8(9)15-11(16)14/h3-5H,1-2H3,(H2,14,15). The first-order valence-electron chi connectivity index (χ1n) is 5.16. The van der Waals surface area contributed by atoms with Crippen LogP contribution >= 0.6 is 22.6 Å². The lowest BCUT2D eigenvalue weighted by molar-refractivity contribution is -0.143. The number of ether oxygens (including phenoxy) is 1. The van der Waals surface area contributed by atoms with E-state index in [2.05, 4.69) is 9.72 Å². The fourth-order valence-electron chi connectivity index (χ4n) is 1.79. The van der Waals surface area contributed by atoms with Gasteiger partial charge in [-0.25, -0.2) is 14.2 Å². The van der Waals surface area contributed by atoms with Crippen LogP contribution in [0.15, 0.2) is 12.1 Å². The van der Waals surface area contributed by atoms with Gasteiger partial charge in [0.05, 0.1) is 21.7 Å². The van der Waals surface area contributed by atoms with Gasteiger partial charge in [-0.3, -0.25) is 4.57 Å². The van der Waals surface area contributed by atoms with Crippen molar-refractivity contribution in [3.8, 4) is 0 Å². The second-order valence-electron chi connectivity index (χ2n) is 3.79. The Morgan fingerprint density at radius 1 is 1.61 bits per heavy atom. The molecule has 0 spiro atoms. The lowest BCUT2D eigenvalue weighted by Crippen LogP contribution is -2.19. The average Bonchev–Trinajstić information content (AvgIpc) is 2.63. The van der Waals surface area contributed by atoms with Crippen molar-refractivity contribution < 1.29 is 13.9 Å². The highest BCUT2D eigenvalue weighted by molar-refractivity contribution is 14.1. The Hall–Kier alpha value is -1.38. The molecule has 0 aliphatic carbocycles. The molecular weight excluding hydrogens is 352 g/mol. The zero-order chi connectivity index (χ0) is 13.4. The van der Waals surface area contributed by atoms with Crippen molar-refractivity contribution in [1.82, 2.24) is 9.55 Å². The van der Waals surface area contributed by atoms with Crippen LogP contribution in [0.2, 0.25) is 0 Å². The Bertz CT molecular complexity index is 626. The maximum Gasteiger partial charge on any atom is 0.328 e. The minimum absolute atomic E-state index is 0.157. The molecule has 0 aliphatic heterocycles. The third-order valence-corrected chi connectivity index (χ3v) is 3.52. The summed E-state index contributed by atoms with van der Waals surface area (Å²) in [6.07, 6.45) is 0. The van der Waals surface area contributed by atoms with Gasteiger partial charge in [-0.15, -0.1) is 0 Å². The summed E-state index contributed by atoms with van der Waals surface area (Å²) in [7, 11) is 1.29. The molecule has 2 rings (SSSR count). The van der Waals surface area contributed by atoms with Gasteiger partial charge in [-0.1, -0.05) is 0 Å². The molecule has 0 fully saturated rings. The molecule has 1 heterocycles. The van der Waals surface area contributed by atoms with Crippen LogP contribution in [0.4, 0.5) is 10.3 Å². The van der Waals surface area contributed by atoms with Crippen LogP contribution in [0.25, 0.3) is 11.0 Å². The molecule has 5 nitrogen and oxygen atoms in total. The van der Waals surface area contributed by atoms with Crippen molar-refractivity contribution >= 4 is 45.5 Å². The van der Waals surface area contributed by atoms with Crippen molar-refractivity contribution in [2.45, 2.75) is 13.0 Å². The molecule has 0 saturated heterocycles. The van der Waals surface area contributed by atoms with Gasteiger partial charge in [0.25, 0.3) is 0 Å². The zero-order valence-corrected chi connectivity index (χ0v) is 11.9. The van der Waals surface area contributed by atoms with Gasteiger partial charge >= 0.3 is 5.97 Å². The number of halogens is 2. The Kier molecular flexibility index (Phi) is 3.42. The lowest BCUT2D eigenvalue weighted by atomic mass is 10.2. The highest BCUT2D eigenvalue weighted by atomic mass is 127. The van der Waals surface area contributed by atoms with Crippen LogP contribution in [0.1, 0.15) is 13.0 Å². The predicted molar refractivity (Wildman–Crippen MR) is 73.5 cm³/mol. The zero-order valence-electron chi connectivity index (χ0n) is 9.78. The normalized spacial score (nSPS) is 12.7. The molecule has 1 aromatic carbocycles. The number of fused-ring (bicyclic) bond motifs is 1. The number of nitrogens with zero attached hydrogens (tertiary/aromatic N) is 2. The second kappa shape index (κ2) is 4.71. The Morgan fingerprint density at radius 3 is 2.89 bits per heavy atom. The maximum atomic E-state index is 13.6. The Labute approximate surface area is 116 Å². The van der Waals surface area contributed by atoms with Gasteiger partial charge in [-0.05, 0) is 35.6 Å². The summed E-state index contributed by atoms with van der Waals surface area (Å²) in [6.45, 7) is 1.62. The Balaban J connectivity index is 2.67. The Morgan fingerprint density at radius 2 is 2.28 bits per heavy atom. The molecular formula is C11H11FIN3O2. The van der Waals surface area contributed by atoms with Gasteiger partial charge in [0, 0.05) is 6.07 Å². The van der Waals surface area contributed by atoms with Crippen LogP contribution in [-0.4, -0.2) is 22.6 Å². The van der Waals surface area contributed by atoms with E-state index in [1.807, 2.05) is 22.6 Å². The van der Waals surface area contributed by atoms with E-state index >= 15 is 0 Å². The molecule has 18 heavy (non-hydrogen) atoms. The van der Waals surface area contributed by atoms with E-state index in [0.29, 0.717) is 14.6 Å².